The van der Waals surface area contributed by atoms with Crippen LogP contribution >= 0.6 is 0 Å². The van der Waals surface area contributed by atoms with Crippen molar-refractivity contribution in [2.24, 2.45) is 5.92 Å². The molecule has 0 spiro atoms. The van der Waals surface area contributed by atoms with Crippen LogP contribution in [-0.2, 0) is 14.8 Å². The Morgan fingerprint density at radius 2 is 1.66 bits per heavy atom. The van der Waals surface area contributed by atoms with Gasteiger partial charge in [-0.05, 0) is 56.0 Å². The summed E-state index contributed by atoms with van der Waals surface area (Å²) in [5.74, 6) is 1.62. The van der Waals surface area contributed by atoms with E-state index >= 15 is 0 Å². The molecule has 1 aliphatic rings. The molecule has 3 rings (SSSR count). The molecule has 156 valence electrons. The molecule has 0 saturated carbocycles. The second-order valence-corrected chi connectivity index (χ2v) is 9.74. The molecule has 0 saturated heterocycles. The van der Waals surface area contributed by atoms with Gasteiger partial charge in [-0.1, -0.05) is 43.7 Å². The monoisotopic (exact) mass is 415 g/mol. The van der Waals surface area contributed by atoms with E-state index in [1.165, 1.54) is 4.31 Å². The zero-order valence-corrected chi connectivity index (χ0v) is 18.4. The number of rotatable bonds is 6. The van der Waals surface area contributed by atoms with E-state index in [2.05, 4.69) is 13.8 Å². The molecule has 5 nitrogen and oxygen atoms in total. The molecular formula is C23H29NO4S. The molecule has 0 bridgehead atoms. The third kappa shape index (κ3) is 4.58. The van der Waals surface area contributed by atoms with Crippen LogP contribution in [0, 0.1) is 12.8 Å². The van der Waals surface area contributed by atoms with Crippen LogP contribution in [0.1, 0.15) is 44.4 Å². The number of nitrogens with zero attached hydrogens (tertiary/aromatic N) is 1. The molecule has 1 heterocycles. The standard InChI is InChI=1S/C23H29NO4S/c1-16(2)14-22-23(19-8-10-20(27-5)11-9-19)28-18(4)15-24(22)29(25,26)21-12-6-17(3)7-13-21/h6-13,15-16,22-23H,14H2,1-5H3/t22-,23?/m1/s1. The van der Waals surface area contributed by atoms with Gasteiger partial charge < -0.3 is 9.47 Å². The highest BCUT2D eigenvalue weighted by Crippen LogP contribution is 2.38. The van der Waals surface area contributed by atoms with Gasteiger partial charge in [-0.3, -0.25) is 4.31 Å². The van der Waals surface area contributed by atoms with Crippen LogP contribution in [0.25, 0.3) is 0 Å². The first-order valence-electron chi connectivity index (χ1n) is 9.81. The molecule has 0 amide bonds. The Kier molecular flexibility index (Phi) is 6.22. The van der Waals surface area contributed by atoms with E-state index < -0.39 is 16.1 Å². The lowest BCUT2D eigenvalue weighted by Crippen LogP contribution is -2.44. The zero-order valence-electron chi connectivity index (χ0n) is 17.6. The Hall–Kier alpha value is -2.47. The van der Waals surface area contributed by atoms with Crippen molar-refractivity contribution < 1.29 is 17.9 Å². The quantitative estimate of drug-likeness (QED) is 0.663. The summed E-state index contributed by atoms with van der Waals surface area (Å²) in [6.45, 7) is 7.91. The third-order valence-corrected chi connectivity index (χ3v) is 6.85. The Morgan fingerprint density at radius 1 is 1.03 bits per heavy atom. The van der Waals surface area contributed by atoms with E-state index in [0.29, 0.717) is 18.1 Å². The van der Waals surface area contributed by atoms with Gasteiger partial charge in [0.2, 0.25) is 0 Å². The molecule has 0 aromatic heterocycles. The molecule has 0 fully saturated rings. The Morgan fingerprint density at radius 3 is 2.21 bits per heavy atom. The van der Waals surface area contributed by atoms with Gasteiger partial charge in [0.25, 0.3) is 10.0 Å². The van der Waals surface area contributed by atoms with E-state index in [-0.39, 0.29) is 10.9 Å². The average Bonchev–Trinajstić information content (AvgIpc) is 2.69. The van der Waals surface area contributed by atoms with E-state index in [1.807, 2.05) is 43.3 Å². The minimum absolute atomic E-state index is 0.288. The van der Waals surface area contributed by atoms with Gasteiger partial charge in [-0.25, -0.2) is 8.42 Å². The minimum Gasteiger partial charge on any atom is -0.497 e. The van der Waals surface area contributed by atoms with Crippen molar-refractivity contribution in [3.05, 3.63) is 71.6 Å². The zero-order chi connectivity index (χ0) is 21.2. The van der Waals surface area contributed by atoms with Crippen molar-refractivity contribution in [2.75, 3.05) is 7.11 Å². The van der Waals surface area contributed by atoms with Crippen LogP contribution in [0.15, 0.2) is 65.4 Å². The van der Waals surface area contributed by atoms with Gasteiger partial charge in [-0.2, -0.15) is 0 Å². The predicted molar refractivity (Wildman–Crippen MR) is 114 cm³/mol. The summed E-state index contributed by atoms with van der Waals surface area (Å²) >= 11 is 0. The topological polar surface area (TPSA) is 55.8 Å². The summed E-state index contributed by atoms with van der Waals surface area (Å²) in [5.41, 5.74) is 1.94. The first-order chi connectivity index (χ1) is 13.7. The van der Waals surface area contributed by atoms with Crippen molar-refractivity contribution in [3.63, 3.8) is 0 Å². The molecule has 2 atom stereocenters. The lowest BCUT2D eigenvalue weighted by Gasteiger charge is -2.40. The predicted octanol–water partition coefficient (Wildman–Crippen LogP) is 5.04. The number of ether oxygens (including phenoxy) is 2. The third-order valence-electron chi connectivity index (χ3n) is 5.05. The number of hydrogen-bond acceptors (Lipinski definition) is 4. The van der Waals surface area contributed by atoms with E-state index in [9.17, 15) is 8.42 Å². The number of hydrogen-bond donors (Lipinski definition) is 0. The van der Waals surface area contributed by atoms with Crippen molar-refractivity contribution in [2.45, 2.75) is 51.2 Å². The lowest BCUT2D eigenvalue weighted by atomic mass is 9.93. The van der Waals surface area contributed by atoms with Crippen molar-refractivity contribution in [1.29, 1.82) is 0 Å². The number of benzene rings is 2. The van der Waals surface area contributed by atoms with Crippen LogP contribution < -0.4 is 4.74 Å². The van der Waals surface area contributed by atoms with Gasteiger partial charge in [0.15, 0.2) is 0 Å². The molecule has 1 unspecified atom stereocenters. The van der Waals surface area contributed by atoms with Crippen LogP contribution in [0.4, 0.5) is 0 Å². The molecule has 2 aromatic rings. The maximum Gasteiger partial charge on any atom is 0.264 e. The van der Waals surface area contributed by atoms with Crippen molar-refractivity contribution in [3.8, 4) is 5.75 Å². The fourth-order valence-corrected chi connectivity index (χ4v) is 5.16. The first kappa shape index (κ1) is 21.2. The summed E-state index contributed by atoms with van der Waals surface area (Å²) in [7, 11) is -2.09. The van der Waals surface area contributed by atoms with Crippen LogP contribution in [0.3, 0.4) is 0 Å². The van der Waals surface area contributed by atoms with E-state index in [4.69, 9.17) is 9.47 Å². The lowest BCUT2D eigenvalue weighted by molar-refractivity contribution is 0.0300. The van der Waals surface area contributed by atoms with Gasteiger partial charge in [0, 0.05) is 0 Å². The molecule has 29 heavy (non-hydrogen) atoms. The van der Waals surface area contributed by atoms with Crippen molar-refractivity contribution in [1.82, 2.24) is 4.31 Å². The highest BCUT2D eigenvalue weighted by Gasteiger charge is 2.39. The maximum absolute atomic E-state index is 13.5. The second-order valence-electron chi connectivity index (χ2n) is 7.90. The number of aryl methyl sites for hydroxylation is 1. The fourth-order valence-electron chi connectivity index (χ4n) is 3.59. The molecule has 0 N–H and O–H groups in total. The summed E-state index contributed by atoms with van der Waals surface area (Å²) < 4.78 is 39.9. The number of sulfonamides is 1. The summed E-state index contributed by atoms with van der Waals surface area (Å²) in [6.07, 6.45) is 1.89. The fraction of sp³-hybridized carbons (Fsp3) is 0.391. The minimum atomic E-state index is -3.71. The van der Waals surface area contributed by atoms with Crippen LogP contribution in [0.5, 0.6) is 5.75 Å². The highest BCUT2D eigenvalue weighted by molar-refractivity contribution is 7.89. The maximum atomic E-state index is 13.5. The molecule has 2 aromatic carbocycles. The smallest absolute Gasteiger partial charge is 0.264 e. The molecule has 6 heteroatoms. The SMILES string of the molecule is COc1ccc(C2OC(C)=CN(S(=O)(=O)c3ccc(C)cc3)[C@@H]2CC(C)C)cc1. The number of allylic oxidation sites excluding steroid dienone is 1. The van der Waals surface area contributed by atoms with E-state index in [0.717, 1.165) is 16.9 Å². The van der Waals surface area contributed by atoms with E-state index in [1.54, 1.807) is 32.4 Å². The van der Waals surface area contributed by atoms with Crippen LogP contribution in [0.2, 0.25) is 0 Å². The van der Waals surface area contributed by atoms with Gasteiger partial charge in [-0.15, -0.1) is 0 Å². The van der Waals surface area contributed by atoms with Gasteiger partial charge >= 0.3 is 0 Å². The summed E-state index contributed by atoms with van der Waals surface area (Å²) in [5, 5.41) is 0. The van der Waals surface area contributed by atoms with Crippen LogP contribution in [-0.4, -0.2) is 25.9 Å². The first-order valence-corrected chi connectivity index (χ1v) is 11.3. The largest absolute Gasteiger partial charge is 0.497 e. The normalized spacial score (nSPS) is 19.7. The molecular weight excluding hydrogens is 386 g/mol. The molecule has 1 aliphatic heterocycles. The Balaban J connectivity index is 2.06. The highest BCUT2D eigenvalue weighted by atomic mass is 32.2. The van der Waals surface area contributed by atoms with Gasteiger partial charge in [0.1, 0.15) is 17.6 Å². The van der Waals surface area contributed by atoms with Crippen molar-refractivity contribution >= 4 is 10.0 Å². The Bertz CT molecular complexity index is 963. The molecule has 0 aliphatic carbocycles. The molecule has 0 radical (unpaired) electrons. The summed E-state index contributed by atoms with van der Waals surface area (Å²) in [6, 6.07) is 14.2. The average molecular weight is 416 g/mol. The van der Waals surface area contributed by atoms with Gasteiger partial charge in [0.05, 0.1) is 24.2 Å². The number of methoxy groups -OCH3 is 1. The Labute approximate surface area is 174 Å². The summed E-state index contributed by atoms with van der Waals surface area (Å²) in [4.78, 5) is 0.288. The second kappa shape index (κ2) is 8.49.